The third kappa shape index (κ3) is 5.50. The van der Waals surface area contributed by atoms with Crippen molar-refractivity contribution < 1.29 is 26.4 Å². The van der Waals surface area contributed by atoms with Crippen molar-refractivity contribution in [3.8, 4) is 5.75 Å². The summed E-state index contributed by atoms with van der Waals surface area (Å²) in [6, 6.07) is 24.0. The molecule has 0 fully saturated rings. The lowest BCUT2D eigenvalue weighted by molar-refractivity contribution is 0.102. The van der Waals surface area contributed by atoms with E-state index in [1.54, 1.807) is 55.5 Å². The van der Waals surface area contributed by atoms with Crippen LogP contribution in [0.5, 0.6) is 5.75 Å². The number of carbonyl (C=O) groups is 1. The molecule has 1 aliphatic rings. The number of fused-ring (bicyclic) bond motifs is 1. The van der Waals surface area contributed by atoms with Gasteiger partial charge in [0.05, 0.1) is 28.3 Å². The van der Waals surface area contributed by atoms with Crippen LogP contribution in [0, 0.1) is 6.92 Å². The Labute approximate surface area is 239 Å². The van der Waals surface area contributed by atoms with E-state index in [9.17, 15) is 21.6 Å². The Morgan fingerprint density at radius 3 is 2.41 bits per heavy atom. The van der Waals surface area contributed by atoms with Gasteiger partial charge in [0, 0.05) is 17.3 Å². The first kappa shape index (κ1) is 28.2. The molecule has 1 aliphatic heterocycles. The van der Waals surface area contributed by atoms with E-state index < -0.39 is 26.0 Å². The van der Waals surface area contributed by atoms with Crippen LogP contribution < -0.4 is 19.1 Å². The smallest absolute Gasteiger partial charge is 0.264 e. The van der Waals surface area contributed by atoms with Gasteiger partial charge < -0.3 is 10.1 Å². The van der Waals surface area contributed by atoms with Crippen LogP contribution in [0.4, 0.5) is 17.1 Å². The molecular formula is C30H29N3O6S2. The zero-order valence-electron chi connectivity index (χ0n) is 22.7. The van der Waals surface area contributed by atoms with Gasteiger partial charge in [-0.3, -0.25) is 13.8 Å². The first-order valence-electron chi connectivity index (χ1n) is 12.8. The summed E-state index contributed by atoms with van der Waals surface area (Å²) in [4.78, 5) is 13.2. The minimum atomic E-state index is -4.03. The van der Waals surface area contributed by atoms with E-state index in [2.05, 4.69) is 10.0 Å². The van der Waals surface area contributed by atoms with Crippen LogP contribution in [0.2, 0.25) is 0 Å². The highest BCUT2D eigenvalue weighted by Gasteiger charge is 2.36. The number of nitrogens with zero attached hydrogens (tertiary/aromatic N) is 1. The van der Waals surface area contributed by atoms with Crippen molar-refractivity contribution in [2.75, 3.05) is 21.5 Å². The lowest BCUT2D eigenvalue weighted by Crippen LogP contribution is -2.35. The van der Waals surface area contributed by atoms with E-state index in [1.807, 2.05) is 19.1 Å². The van der Waals surface area contributed by atoms with Crippen LogP contribution in [0.1, 0.15) is 28.4 Å². The van der Waals surface area contributed by atoms with Crippen molar-refractivity contribution in [2.24, 2.45) is 0 Å². The molecule has 5 rings (SSSR count). The average molecular weight is 592 g/mol. The van der Waals surface area contributed by atoms with Gasteiger partial charge >= 0.3 is 0 Å². The maximum absolute atomic E-state index is 13.6. The topological polar surface area (TPSA) is 122 Å². The number of carbonyl (C=O) groups excluding carboxylic acids is 1. The van der Waals surface area contributed by atoms with E-state index in [-0.39, 0.29) is 32.8 Å². The Morgan fingerprint density at radius 1 is 0.902 bits per heavy atom. The summed E-state index contributed by atoms with van der Waals surface area (Å²) in [5.41, 5.74) is 2.67. The largest absolute Gasteiger partial charge is 0.495 e. The fourth-order valence-corrected chi connectivity index (χ4v) is 8.00. The van der Waals surface area contributed by atoms with Crippen molar-refractivity contribution in [2.45, 2.75) is 36.1 Å². The minimum Gasteiger partial charge on any atom is -0.495 e. The Hall–Kier alpha value is -4.35. The fraction of sp³-hybridized carbons (Fsp3) is 0.167. The normalized spacial score (nSPS) is 14.8. The van der Waals surface area contributed by atoms with E-state index in [0.29, 0.717) is 23.4 Å². The number of aryl methyl sites for hydroxylation is 1. The first-order valence-corrected chi connectivity index (χ1v) is 15.7. The highest BCUT2D eigenvalue weighted by molar-refractivity contribution is 7.93. The highest BCUT2D eigenvalue weighted by Crippen LogP contribution is 2.36. The number of nitrogens with one attached hydrogen (secondary N) is 2. The molecular weight excluding hydrogens is 562 g/mol. The van der Waals surface area contributed by atoms with Crippen molar-refractivity contribution in [3.05, 3.63) is 108 Å². The van der Waals surface area contributed by atoms with E-state index in [0.717, 1.165) is 5.56 Å². The standard InChI is InChI=1S/C30H29N3O6S2/c1-20-15-16-24(19-29(20)40(35,36)32-26-12-5-7-14-28(26)39-3)31-30(34)23-10-8-11-25(18-23)41(37,38)33-21(2)17-22-9-4-6-13-27(22)33/h4-16,18-19,21,32H,17H2,1-3H3,(H,31,34). The average Bonchev–Trinajstić information content (AvgIpc) is 3.30. The van der Waals surface area contributed by atoms with Crippen molar-refractivity contribution in [1.82, 2.24) is 0 Å². The van der Waals surface area contributed by atoms with Crippen LogP contribution in [0.3, 0.4) is 0 Å². The zero-order chi connectivity index (χ0) is 29.4. The van der Waals surface area contributed by atoms with Crippen LogP contribution in [-0.2, 0) is 26.5 Å². The predicted molar refractivity (Wildman–Crippen MR) is 159 cm³/mol. The zero-order valence-corrected chi connectivity index (χ0v) is 24.3. The molecule has 1 amide bonds. The lowest BCUT2D eigenvalue weighted by Gasteiger charge is -2.24. The Kier molecular flexibility index (Phi) is 7.50. The summed E-state index contributed by atoms with van der Waals surface area (Å²) in [7, 11) is -6.53. The van der Waals surface area contributed by atoms with Gasteiger partial charge in [0.15, 0.2) is 0 Å². The molecule has 11 heteroatoms. The van der Waals surface area contributed by atoms with Gasteiger partial charge in [0.25, 0.3) is 26.0 Å². The number of ether oxygens (including phenoxy) is 1. The van der Waals surface area contributed by atoms with Crippen molar-refractivity contribution in [1.29, 1.82) is 0 Å². The number of amides is 1. The summed E-state index contributed by atoms with van der Waals surface area (Å²) >= 11 is 0. The first-order chi connectivity index (χ1) is 19.5. The fourth-order valence-electron chi connectivity index (χ4n) is 4.91. The molecule has 4 aromatic carbocycles. The monoisotopic (exact) mass is 591 g/mol. The third-order valence-electron chi connectivity index (χ3n) is 6.88. The van der Waals surface area contributed by atoms with Crippen LogP contribution in [0.15, 0.2) is 101 Å². The second kappa shape index (κ2) is 10.9. The molecule has 0 saturated carbocycles. The molecule has 0 saturated heterocycles. The van der Waals surface area contributed by atoms with Gasteiger partial charge in [-0.1, -0.05) is 42.5 Å². The molecule has 4 aromatic rings. The van der Waals surface area contributed by atoms with E-state index in [4.69, 9.17) is 4.74 Å². The van der Waals surface area contributed by atoms with Gasteiger partial charge in [-0.05, 0) is 79.9 Å². The number of para-hydroxylation sites is 3. The molecule has 1 atom stereocenters. The number of sulfonamides is 2. The summed E-state index contributed by atoms with van der Waals surface area (Å²) in [6.45, 7) is 3.49. The van der Waals surface area contributed by atoms with Crippen LogP contribution in [0.25, 0.3) is 0 Å². The molecule has 0 aliphatic carbocycles. The maximum atomic E-state index is 13.6. The third-order valence-corrected chi connectivity index (χ3v) is 10.3. The predicted octanol–water partition coefficient (Wildman–Crippen LogP) is 5.20. The molecule has 1 unspecified atom stereocenters. The quantitative estimate of drug-likeness (QED) is 0.291. The lowest BCUT2D eigenvalue weighted by atomic mass is 10.1. The molecule has 0 spiro atoms. The summed E-state index contributed by atoms with van der Waals surface area (Å²) in [6.07, 6.45) is 0.597. The Morgan fingerprint density at radius 2 is 1.63 bits per heavy atom. The second-order valence-electron chi connectivity index (χ2n) is 9.75. The molecule has 0 radical (unpaired) electrons. The summed E-state index contributed by atoms with van der Waals surface area (Å²) in [5.74, 6) is -0.221. The maximum Gasteiger partial charge on any atom is 0.264 e. The SMILES string of the molecule is COc1ccccc1NS(=O)(=O)c1cc(NC(=O)c2cccc(S(=O)(=O)N3c4ccccc4CC3C)c2)ccc1C. The van der Waals surface area contributed by atoms with Crippen LogP contribution >= 0.6 is 0 Å². The van der Waals surface area contributed by atoms with Gasteiger partial charge in [0.1, 0.15) is 5.75 Å². The van der Waals surface area contributed by atoms with Crippen molar-refractivity contribution in [3.63, 3.8) is 0 Å². The van der Waals surface area contributed by atoms with E-state index in [1.165, 1.54) is 41.7 Å². The summed E-state index contributed by atoms with van der Waals surface area (Å²) < 4.78 is 62.9. The van der Waals surface area contributed by atoms with E-state index >= 15 is 0 Å². The number of rotatable bonds is 8. The molecule has 2 N–H and O–H groups in total. The van der Waals surface area contributed by atoms with Gasteiger partial charge in [-0.25, -0.2) is 16.8 Å². The summed E-state index contributed by atoms with van der Waals surface area (Å²) in [5, 5.41) is 2.69. The number of methoxy groups -OCH3 is 1. The molecule has 1 heterocycles. The minimum absolute atomic E-state index is 0.0121. The van der Waals surface area contributed by atoms with Gasteiger partial charge in [-0.15, -0.1) is 0 Å². The highest BCUT2D eigenvalue weighted by atomic mass is 32.2. The van der Waals surface area contributed by atoms with Crippen molar-refractivity contribution >= 4 is 43.0 Å². The number of benzene rings is 4. The molecule has 0 bridgehead atoms. The number of anilines is 3. The van der Waals surface area contributed by atoms with Gasteiger partial charge in [-0.2, -0.15) is 0 Å². The second-order valence-corrected chi connectivity index (χ2v) is 13.2. The Balaban J connectivity index is 1.40. The molecule has 212 valence electrons. The number of hydrogen-bond donors (Lipinski definition) is 2. The van der Waals surface area contributed by atoms with Gasteiger partial charge in [0.2, 0.25) is 0 Å². The number of hydrogen-bond acceptors (Lipinski definition) is 6. The molecule has 41 heavy (non-hydrogen) atoms. The molecule has 0 aromatic heterocycles. The molecule has 9 nitrogen and oxygen atoms in total. The Bertz CT molecular complexity index is 1860. The van der Waals surface area contributed by atoms with Crippen LogP contribution in [-0.4, -0.2) is 35.9 Å².